The predicted molar refractivity (Wildman–Crippen MR) is 96.9 cm³/mol. The summed E-state index contributed by atoms with van der Waals surface area (Å²) in [6.07, 6.45) is 0. The van der Waals surface area contributed by atoms with Crippen molar-refractivity contribution in [3.8, 4) is 10.6 Å². The summed E-state index contributed by atoms with van der Waals surface area (Å²) in [7, 11) is 0. The second-order valence-electron chi connectivity index (χ2n) is 4.99. The minimum atomic E-state index is -0.119. The first-order valence-corrected chi connectivity index (χ1v) is 7.75. The van der Waals surface area contributed by atoms with E-state index in [0.29, 0.717) is 5.69 Å². The van der Waals surface area contributed by atoms with E-state index in [2.05, 4.69) is 21.0 Å². The van der Waals surface area contributed by atoms with Gasteiger partial charge in [-0.1, -0.05) is 24.3 Å². The van der Waals surface area contributed by atoms with E-state index in [1.165, 1.54) is 0 Å². The van der Waals surface area contributed by atoms with Crippen LogP contribution in [0.2, 0.25) is 0 Å². The van der Waals surface area contributed by atoms with E-state index in [1.54, 1.807) is 11.3 Å². The van der Waals surface area contributed by atoms with Crippen molar-refractivity contribution in [3.63, 3.8) is 0 Å². The van der Waals surface area contributed by atoms with Gasteiger partial charge in [0.15, 0.2) is 5.96 Å². The Kier molecular flexibility index (Phi) is 3.94. The highest BCUT2D eigenvalue weighted by molar-refractivity contribution is 7.21. The SMILES string of the molecule is Cc1ccc(-c2nc3ccccc3s2)cc1N=C(N)N=C(N)N. The van der Waals surface area contributed by atoms with E-state index in [-0.39, 0.29) is 11.9 Å². The Hall–Kier alpha value is -2.93. The number of thiazole rings is 1. The molecule has 1 heterocycles. The number of para-hydroxylation sites is 1. The van der Waals surface area contributed by atoms with Crippen molar-refractivity contribution in [2.75, 3.05) is 0 Å². The van der Waals surface area contributed by atoms with Gasteiger partial charge in [0.2, 0.25) is 5.96 Å². The van der Waals surface area contributed by atoms with Crippen LogP contribution in [-0.4, -0.2) is 16.9 Å². The van der Waals surface area contributed by atoms with Gasteiger partial charge < -0.3 is 17.2 Å². The number of guanidine groups is 2. The maximum atomic E-state index is 5.72. The summed E-state index contributed by atoms with van der Waals surface area (Å²) in [4.78, 5) is 12.7. The minimum Gasteiger partial charge on any atom is -0.370 e. The van der Waals surface area contributed by atoms with Gasteiger partial charge in [-0.05, 0) is 30.7 Å². The highest BCUT2D eigenvalue weighted by atomic mass is 32.1. The molecule has 0 unspecified atom stereocenters. The molecule has 0 saturated heterocycles. The topological polar surface area (TPSA) is 116 Å². The van der Waals surface area contributed by atoms with Crippen LogP contribution in [0.15, 0.2) is 52.4 Å². The molecule has 2 aromatic carbocycles. The fraction of sp³-hybridized carbons (Fsp3) is 0.0625. The predicted octanol–water partition coefficient (Wildman–Crippen LogP) is 2.49. The molecule has 0 spiro atoms. The van der Waals surface area contributed by atoms with E-state index < -0.39 is 0 Å². The lowest BCUT2D eigenvalue weighted by atomic mass is 10.1. The summed E-state index contributed by atoms with van der Waals surface area (Å²) < 4.78 is 1.15. The molecule has 7 heteroatoms. The average molecular weight is 324 g/mol. The fourth-order valence-electron chi connectivity index (χ4n) is 2.14. The van der Waals surface area contributed by atoms with Gasteiger partial charge in [0.05, 0.1) is 15.9 Å². The van der Waals surface area contributed by atoms with Crippen LogP contribution in [0.4, 0.5) is 5.69 Å². The van der Waals surface area contributed by atoms with Crippen LogP contribution in [0.25, 0.3) is 20.8 Å². The number of hydrogen-bond acceptors (Lipinski definition) is 3. The molecule has 3 aromatic rings. The number of fused-ring (bicyclic) bond motifs is 1. The zero-order valence-electron chi connectivity index (χ0n) is 12.5. The molecule has 0 aliphatic heterocycles. The summed E-state index contributed by atoms with van der Waals surface area (Å²) in [6.45, 7) is 1.95. The zero-order valence-corrected chi connectivity index (χ0v) is 13.3. The molecule has 0 aliphatic rings. The smallest absolute Gasteiger partial charge is 0.223 e. The summed E-state index contributed by atoms with van der Waals surface area (Å²) in [6, 6.07) is 14.0. The van der Waals surface area contributed by atoms with Gasteiger partial charge in [-0.15, -0.1) is 11.3 Å². The van der Waals surface area contributed by atoms with Crippen molar-refractivity contribution in [3.05, 3.63) is 48.0 Å². The normalized spacial score (nSPS) is 11.6. The number of aryl methyl sites for hydroxylation is 1. The lowest BCUT2D eigenvalue weighted by molar-refractivity contribution is 1.34. The fourth-order valence-corrected chi connectivity index (χ4v) is 3.10. The van der Waals surface area contributed by atoms with Crippen molar-refractivity contribution in [1.82, 2.24) is 4.98 Å². The number of aliphatic imine (C=N–C) groups is 2. The highest BCUT2D eigenvalue weighted by Gasteiger charge is 2.08. The Balaban J connectivity index is 2.04. The number of nitrogens with zero attached hydrogens (tertiary/aromatic N) is 3. The van der Waals surface area contributed by atoms with E-state index in [9.17, 15) is 0 Å². The third-order valence-corrected chi connectivity index (χ3v) is 4.31. The molecule has 6 N–H and O–H groups in total. The molecule has 0 amide bonds. The Labute approximate surface area is 137 Å². The van der Waals surface area contributed by atoms with Gasteiger partial charge in [0.1, 0.15) is 5.01 Å². The third kappa shape index (κ3) is 3.29. The molecule has 23 heavy (non-hydrogen) atoms. The maximum Gasteiger partial charge on any atom is 0.223 e. The van der Waals surface area contributed by atoms with Gasteiger partial charge in [-0.2, -0.15) is 4.99 Å². The molecule has 0 aliphatic carbocycles. The standard InChI is InChI=1S/C16H16N6S/c1-9-6-7-10(8-12(9)21-16(19)22-15(17)18)14-20-11-4-2-3-5-13(11)23-14/h2-8H,1H3,(H6,17,18,19,21,22). The van der Waals surface area contributed by atoms with Gasteiger partial charge in [0, 0.05) is 5.56 Å². The molecule has 0 radical (unpaired) electrons. The van der Waals surface area contributed by atoms with Crippen LogP contribution in [-0.2, 0) is 0 Å². The molecule has 1 aromatic heterocycles. The Morgan fingerprint density at radius 1 is 1.09 bits per heavy atom. The van der Waals surface area contributed by atoms with E-state index >= 15 is 0 Å². The lowest BCUT2D eigenvalue weighted by Gasteiger charge is -2.03. The first-order chi connectivity index (χ1) is 11.0. The monoisotopic (exact) mass is 324 g/mol. The highest BCUT2D eigenvalue weighted by Crippen LogP contribution is 2.33. The average Bonchev–Trinajstić information content (AvgIpc) is 2.92. The van der Waals surface area contributed by atoms with Crippen LogP contribution in [0.1, 0.15) is 5.56 Å². The number of benzene rings is 2. The first kappa shape index (κ1) is 15.0. The maximum absolute atomic E-state index is 5.72. The van der Waals surface area contributed by atoms with Gasteiger partial charge in [-0.25, -0.2) is 9.98 Å². The molecule has 0 fully saturated rings. The van der Waals surface area contributed by atoms with Crippen LogP contribution in [0, 0.1) is 6.92 Å². The molecule has 0 atom stereocenters. The Morgan fingerprint density at radius 2 is 1.87 bits per heavy atom. The quantitative estimate of drug-likeness (QED) is 0.496. The molecule has 0 bridgehead atoms. The molecule has 0 saturated carbocycles. The van der Waals surface area contributed by atoms with Crippen molar-refractivity contribution in [2.45, 2.75) is 6.92 Å². The first-order valence-electron chi connectivity index (χ1n) is 6.93. The van der Waals surface area contributed by atoms with Crippen LogP contribution >= 0.6 is 11.3 Å². The van der Waals surface area contributed by atoms with Gasteiger partial charge in [0.25, 0.3) is 0 Å². The zero-order chi connectivity index (χ0) is 16.4. The summed E-state index contributed by atoms with van der Waals surface area (Å²) in [5, 5.41) is 0.933. The molecular weight excluding hydrogens is 308 g/mol. The molecule has 6 nitrogen and oxygen atoms in total. The summed E-state index contributed by atoms with van der Waals surface area (Å²) >= 11 is 1.64. The molecule has 3 rings (SSSR count). The van der Waals surface area contributed by atoms with Gasteiger partial charge in [-0.3, -0.25) is 0 Å². The van der Waals surface area contributed by atoms with E-state index in [4.69, 9.17) is 17.2 Å². The minimum absolute atomic E-state index is 0.0227. The Bertz CT molecular complexity index is 888. The third-order valence-electron chi connectivity index (χ3n) is 3.23. The second-order valence-corrected chi connectivity index (χ2v) is 6.03. The van der Waals surface area contributed by atoms with E-state index in [1.807, 2.05) is 43.3 Å². The molecular formula is C16H16N6S. The van der Waals surface area contributed by atoms with Crippen molar-refractivity contribution < 1.29 is 0 Å². The van der Waals surface area contributed by atoms with Crippen molar-refractivity contribution in [1.29, 1.82) is 0 Å². The number of hydrogen-bond donors (Lipinski definition) is 3. The summed E-state index contributed by atoms with van der Waals surface area (Å²) in [5.74, 6) is -0.0965. The number of rotatable bonds is 2. The van der Waals surface area contributed by atoms with Crippen molar-refractivity contribution >= 4 is 39.2 Å². The number of nitrogens with two attached hydrogens (primary N) is 3. The molecule has 116 valence electrons. The van der Waals surface area contributed by atoms with Crippen molar-refractivity contribution in [2.24, 2.45) is 27.2 Å². The van der Waals surface area contributed by atoms with Crippen LogP contribution < -0.4 is 17.2 Å². The number of aromatic nitrogens is 1. The largest absolute Gasteiger partial charge is 0.370 e. The van der Waals surface area contributed by atoms with Crippen LogP contribution in [0.3, 0.4) is 0 Å². The van der Waals surface area contributed by atoms with Gasteiger partial charge >= 0.3 is 0 Å². The van der Waals surface area contributed by atoms with E-state index in [0.717, 1.165) is 26.4 Å². The Morgan fingerprint density at radius 3 is 2.61 bits per heavy atom. The second kappa shape index (κ2) is 6.05. The lowest BCUT2D eigenvalue weighted by Crippen LogP contribution is -2.26. The summed E-state index contributed by atoms with van der Waals surface area (Å²) in [5.41, 5.74) is 20.0. The van der Waals surface area contributed by atoms with Crippen LogP contribution in [0.5, 0.6) is 0 Å².